The van der Waals surface area contributed by atoms with Gasteiger partial charge >= 0.3 is 0 Å². The zero-order chi connectivity index (χ0) is 15.4. The Balaban J connectivity index is 2.31. The molecule has 0 atom stereocenters. The van der Waals surface area contributed by atoms with Gasteiger partial charge in [0.2, 0.25) is 0 Å². The summed E-state index contributed by atoms with van der Waals surface area (Å²) >= 11 is 3.16. The number of halogens is 2. The maximum Gasteiger partial charge on any atom is 0.259 e. The molecule has 0 unspecified atom stereocenters. The molecule has 2 rings (SSSR count). The summed E-state index contributed by atoms with van der Waals surface area (Å²) in [7, 11) is 2.96. The fourth-order valence-corrected chi connectivity index (χ4v) is 2.11. The first-order valence-corrected chi connectivity index (χ1v) is 6.83. The van der Waals surface area contributed by atoms with E-state index in [-0.39, 0.29) is 11.3 Å². The van der Waals surface area contributed by atoms with Gasteiger partial charge in [0.15, 0.2) is 0 Å². The lowest BCUT2D eigenvalue weighted by Crippen LogP contribution is -2.14. The molecule has 6 heteroatoms. The molecular formula is C15H13BrFNO3. The van der Waals surface area contributed by atoms with Crippen LogP contribution in [0.3, 0.4) is 0 Å². The summed E-state index contributed by atoms with van der Waals surface area (Å²) in [5.41, 5.74) is 0.354. The number of hydrogen-bond donors (Lipinski definition) is 1. The maximum atomic E-state index is 13.8. The third-order valence-corrected chi connectivity index (χ3v) is 3.32. The fourth-order valence-electron chi connectivity index (χ4n) is 1.77. The average molecular weight is 354 g/mol. The molecule has 21 heavy (non-hydrogen) atoms. The number of carbonyl (C=O) groups is 1. The molecule has 0 aromatic heterocycles. The summed E-state index contributed by atoms with van der Waals surface area (Å²) in [4.78, 5) is 12.3. The number of anilines is 1. The monoisotopic (exact) mass is 353 g/mol. The van der Waals surface area contributed by atoms with Crippen LogP contribution in [-0.4, -0.2) is 20.1 Å². The highest BCUT2D eigenvalue weighted by Gasteiger charge is 2.15. The topological polar surface area (TPSA) is 47.6 Å². The van der Waals surface area contributed by atoms with Crippen LogP contribution in [0.15, 0.2) is 40.9 Å². The Labute approximate surface area is 130 Å². The van der Waals surface area contributed by atoms with E-state index in [1.807, 2.05) is 0 Å². The van der Waals surface area contributed by atoms with Gasteiger partial charge in [-0.2, -0.15) is 0 Å². The number of benzene rings is 2. The van der Waals surface area contributed by atoms with Crippen molar-refractivity contribution in [3.05, 3.63) is 52.3 Å². The number of nitrogens with one attached hydrogen (secondary N) is 1. The largest absolute Gasteiger partial charge is 0.497 e. The van der Waals surface area contributed by atoms with Gasteiger partial charge in [0.05, 0.1) is 25.5 Å². The lowest BCUT2D eigenvalue weighted by molar-refractivity contribution is 0.102. The van der Waals surface area contributed by atoms with Crippen LogP contribution in [0.1, 0.15) is 10.4 Å². The highest BCUT2D eigenvalue weighted by Crippen LogP contribution is 2.26. The molecule has 2 aromatic carbocycles. The normalized spacial score (nSPS) is 10.1. The first-order valence-electron chi connectivity index (χ1n) is 6.03. The molecule has 0 saturated carbocycles. The molecule has 0 heterocycles. The minimum Gasteiger partial charge on any atom is -0.497 e. The van der Waals surface area contributed by atoms with E-state index in [1.165, 1.54) is 32.4 Å². The molecule has 0 saturated heterocycles. The van der Waals surface area contributed by atoms with Crippen molar-refractivity contribution in [3.63, 3.8) is 0 Å². The van der Waals surface area contributed by atoms with Gasteiger partial charge in [-0.1, -0.05) is 15.9 Å². The Morgan fingerprint density at radius 1 is 1.14 bits per heavy atom. The molecule has 0 aliphatic carbocycles. The predicted octanol–water partition coefficient (Wildman–Crippen LogP) is 3.86. The number of ether oxygens (including phenoxy) is 2. The van der Waals surface area contributed by atoms with Crippen molar-refractivity contribution < 1.29 is 18.7 Å². The summed E-state index contributed by atoms with van der Waals surface area (Å²) in [5, 5.41) is 2.51. The van der Waals surface area contributed by atoms with Gasteiger partial charge in [-0.05, 0) is 36.4 Å². The van der Waals surface area contributed by atoms with Gasteiger partial charge in [-0.3, -0.25) is 4.79 Å². The number of methoxy groups -OCH3 is 2. The van der Waals surface area contributed by atoms with Gasteiger partial charge in [0.25, 0.3) is 5.91 Å². The molecule has 1 amide bonds. The molecular weight excluding hydrogens is 341 g/mol. The molecule has 0 bridgehead atoms. The zero-order valence-electron chi connectivity index (χ0n) is 11.4. The lowest BCUT2D eigenvalue weighted by Gasteiger charge is -2.11. The molecule has 110 valence electrons. The first kappa shape index (κ1) is 15.3. The second-order valence-electron chi connectivity index (χ2n) is 4.14. The van der Waals surface area contributed by atoms with Gasteiger partial charge < -0.3 is 14.8 Å². The van der Waals surface area contributed by atoms with Crippen LogP contribution in [0.2, 0.25) is 0 Å². The van der Waals surface area contributed by atoms with E-state index in [0.717, 1.165) is 0 Å². The average Bonchev–Trinajstić information content (AvgIpc) is 2.49. The van der Waals surface area contributed by atoms with Crippen LogP contribution >= 0.6 is 15.9 Å². The minimum absolute atomic E-state index is 0.0908. The van der Waals surface area contributed by atoms with Gasteiger partial charge in [0, 0.05) is 4.47 Å². The van der Waals surface area contributed by atoms with E-state index in [9.17, 15) is 9.18 Å². The number of rotatable bonds is 4. The van der Waals surface area contributed by atoms with E-state index in [0.29, 0.717) is 16.0 Å². The molecule has 0 fully saturated rings. The summed E-state index contributed by atoms with van der Waals surface area (Å²) in [6, 6.07) is 9.22. The standard InChI is InChI=1S/C15H13BrFNO3/c1-20-10-4-6-14(21-2)11(8-10)15(19)18-13-5-3-9(16)7-12(13)17/h3-8H,1-2H3,(H,18,19). The number of amides is 1. The highest BCUT2D eigenvalue weighted by molar-refractivity contribution is 9.10. The summed E-state index contributed by atoms with van der Waals surface area (Å²) in [6.07, 6.45) is 0. The molecule has 0 radical (unpaired) electrons. The van der Waals surface area contributed by atoms with Crippen molar-refractivity contribution >= 4 is 27.5 Å². The Morgan fingerprint density at radius 3 is 2.52 bits per heavy atom. The summed E-state index contributed by atoms with van der Waals surface area (Å²) < 4.78 is 24.6. The SMILES string of the molecule is COc1ccc(OC)c(C(=O)Nc2ccc(Br)cc2F)c1. The van der Waals surface area contributed by atoms with Crippen LogP contribution in [0, 0.1) is 5.82 Å². The van der Waals surface area contributed by atoms with Crippen molar-refractivity contribution in [2.45, 2.75) is 0 Å². The second-order valence-corrected chi connectivity index (χ2v) is 5.06. The van der Waals surface area contributed by atoms with Crippen molar-refractivity contribution in [2.24, 2.45) is 0 Å². The van der Waals surface area contributed by atoms with Crippen LogP contribution < -0.4 is 14.8 Å². The van der Waals surface area contributed by atoms with Gasteiger partial charge in [0.1, 0.15) is 17.3 Å². The van der Waals surface area contributed by atoms with E-state index in [4.69, 9.17) is 9.47 Å². The number of carbonyl (C=O) groups excluding carboxylic acids is 1. The Morgan fingerprint density at radius 2 is 1.90 bits per heavy atom. The predicted molar refractivity (Wildman–Crippen MR) is 81.6 cm³/mol. The zero-order valence-corrected chi connectivity index (χ0v) is 13.0. The summed E-state index contributed by atoms with van der Waals surface area (Å²) in [5.74, 6) is -0.116. The van der Waals surface area contributed by atoms with E-state index in [2.05, 4.69) is 21.2 Å². The molecule has 2 aromatic rings. The van der Waals surface area contributed by atoms with Crippen molar-refractivity contribution in [1.82, 2.24) is 0 Å². The molecule has 0 aliphatic rings. The smallest absolute Gasteiger partial charge is 0.259 e. The van der Waals surface area contributed by atoms with E-state index < -0.39 is 11.7 Å². The van der Waals surface area contributed by atoms with Crippen LogP contribution in [0.4, 0.5) is 10.1 Å². The van der Waals surface area contributed by atoms with Crippen molar-refractivity contribution in [1.29, 1.82) is 0 Å². The van der Waals surface area contributed by atoms with Gasteiger partial charge in [-0.15, -0.1) is 0 Å². The Kier molecular flexibility index (Phi) is 4.80. The van der Waals surface area contributed by atoms with E-state index in [1.54, 1.807) is 18.2 Å². The summed E-state index contributed by atoms with van der Waals surface area (Å²) in [6.45, 7) is 0. The van der Waals surface area contributed by atoms with Gasteiger partial charge in [-0.25, -0.2) is 4.39 Å². The van der Waals surface area contributed by atoms with E-state index >= 15 is 0 Å². The molecule has 4 nitrogen and oxygen atoms in total. The molecule has 1 N–H and O–H groups in total. The second kappa shape index (κ2) is 6.58. The van der Waals surface area contributed by atoms with Crippen LogP contribution in [0.5, 0.6) is 11.5 Å². The Hall–Kier alpha value is -2.08. The van der Waals surface area contributed by atoms with Crippen molar-refractivity contribution in [3.8, 4) is 11.5 Å². The van der Waals surface area contributed by atoms with Crippen LogP contribution in [-0.2, 0) is 0 Å². The first-order chi connectivity index (χ1) is 10.0. The quantitative estimate of drug-likeness (QED) is 0.907. The number of hydrogen-bond acceptors (Lipinski definition) is 3. The molecule has 0 aliphatic heterocycles. The third kappa shape index (κ3) is 3.52. The Bertz CT molecular complexity index is 676. The minimum atomic E-state index is -0.528. The molecule has 0 spiro atoms. The van der Waals surface area contributed by atoms with Crippen LogP contribution in [0.25, 0.3) is 0 Å². The maximum absolute atomic E-state index is 13.8. The van der Waals surface area contributed by atoms with Crippen molar-refractivity contribution in [2.75, 3.05) is 19.5 Å². The fraction of sp³-hybridized carbons (Fsp3) is 0.133. The third-order valence-electron chi connectivity index (χ3n) is 2.83. The lowest BCUT2D eigenvalue weighted by atomic mass is 10.1. The highest BCUT2D eigenvalue weighted by atomic mass is 79.9.